The van der Waals surface area contributed by atoms with Crippen LogP contribution in [0.25, 0.3) is 0 Å². The van der Waals surface area contributed by atoms with Crippen LogP contribution in [0.1, 0.15) is 34.1 Å². The fraction of sp³-hybridized carbons (Fsp3) is 0.500. The van der Waals surface area contributed by atoms with Crippen molar-refractivity contribution in [1.29, 1.82) is 0 Å². The van der Waals surface area contributed by atoms with E-state index in [1.807, 2.05) is 41.7 Å². The van der Waals surface area contributed by atoms with Gasteiger partial charge in [-0.25, -0.2) is 9.97 Å². The van der Waals surface area contributed by atoms with Crippen molar-refractivity contribution in [3.63, 3.8) is 0 Å². The SMILES string of the molecule is Cc1nc(C)c(C)c(N(C)Cc2c(C)noc2C)n1. The first kappa shape index (κ1) is 13.5. The Labute approximate surface area is 113 Å². The maximum Gasteiger partial charge on any atom is 0.138 e. The van der Waals surface area contributed by atoms with Crippen LogP contribution in [0, 0.1) is 34.6 Å². The van der Waals surface area contributed by atoms with E-state index in [2.05, 4.69) is 20.0 Å². The maximum atomic E-state index is 5.20. The lowest BCUT2D eigenvalue weighted by Gasteiger charge is -2.21. The van der Waals surface area contributed by atoms with Gasteiger partial charge < -0.3 is 9.42 Å². The predicted octanol–water partition coefficient (Wildman–Crippen LogP) is 2.64. The average Bonchev–Trinajstić information content (AvgIpc) is 2.65. The molecule has 0 aliphatic rings. The average molecular weight is 260 g/mol. The van der Waals surface area contributed by atoms with Gasteiger partial charge in [0.1, 0.15) is 17.4 Å². The van der Waals surface area contributed by atoms with Crippen molar-refractivity contribution in [3.05, 3.63) is 34.1 Å². The molecule has 102 valence electrons. The predicted molar refractivity (Wildman–Crippen MR) is 74.3 cm³/mol. The highest BCUT2D eigenvalue weighted by Crippen LogP contribution is 2.22. The molecule has 0 atom stereocenters. The van der Waals surface area contributed by atoms with Crippen LogP contribution in [0.15, 0.2) is 4.52 Å². The number of aryl methyl sites for hydroxylation is 4. The summed E-state index contributed by atoms with van der Waals surface area (Å²) >= 11 is 0. The quantitative estimate of drug-likeness (QED) is 0.849. The third kappa shape index (κ3) is 2.59. The monoisotopic (exact) mass is 260 g/mol. The zero-order chi connectivity index (χ0) is 14.2. The lowest BCUT2D eigenvalue weighted by Crippen LogP contribution is -2.21. The summed E-state index contributed by atoms with van der Waals surface area (Å²) in [6.45, 7) is 10.6. The van der Waals surface area contributed by atoms with Crippen molar-refractivity contribution in [3.8, 4) is 0 Å². The van der Waals surface area contributed by atoms with Gasteiger partial charge >= 0.3 is 0 Å². The van der Waals surface area contributed by atoms with E-state index in [9.17, 15) is 0 Å². The van der Waals surface area contributed by atoms with Crippen molar-refractivity contribution in [2.24, 2.45) is 0 Å². The normalized spacial score (nSPS) is 10.8. The molecule has 0 aliphatic heterocycles. The molecular weight excluding hydrogens is 240 g/mol. The molecule has 0 unspecified atom stereocenters. The Balaban J connectivity index is 2.33. The van der Waals surface area contributed by atoms with E-state index in [1.54, 1.807) is 0 Å². The second-order valence-corrected chi connectivity index (χ2v) is 4.96. The van der Waals surface area contributed by atoms with Gasteiger partial charge in [0.15, 0.2) is 0 Å². The highest BCUT2D eigenvalue weighted by molar-refractivity contribution is 5.48. The van der Waals surface area contributed by atoms with E-state index >= 15 is 0 Å². The molecule has 2 aromatic rings. The van der Waals surface area contributed by atoms with Crippen molar-refractivity contribution in [2.45, 2.75) is 41.2 Å². The molecule has 0 saturated carbocycles. The van der Waals surface area contributed by atoms with Gasteiger partial charge in [0.05, 0.1) is 5.69 Å². The first-order chi connectivity index (χ1) is 8.90. The third-order valence-corrected chi connectivity index (χ3v) is 3.41. The second-order valence-electron chi connectivity index (χ2n) is 4.96. The molecule has 0 bridgehead atoms. The molecule has 5 nitrogen and oxygen atoms in total. The lowest BCUT2D eigenvalue weighted by molar-refractivity contribution is 0.392. The van der Waals surface area contributed by atoms with Crippen LogP contribution in [-0.2, 0) is 6.54 Å². The molecule has 0 fully saturated rings. The maximum absolute atomic E-state index is 5.20. The van der Waals surface area contributed by atoms with Crippen molar-refractivity contribution in [1.82, 2.24) is 15.1 Å². The number of hydrogen-bond donors (Lipinski definition) is 0. The van der Waals surface area contributed by atoms with E-state index in [0.29, 0.717) is 0 Å². The van der Waals surface area contributed by atoms with E-state index in [-0.39, 0.29) is 0 Å². The molecule has 0 spiro atoms. The van der Waals surface area contributed by atoms with E-state index in [4.69, 9.17) is 4.52 Å². The van der Waals surface area contributed by atoms with Crippen LogP contribution in [0.3, 0.4) is 0 Å². The summed E-state index contributed by atoms with van der Waals surface area (Å²) in [5.74, 6) is 2.62. The first-order valence-corrected chi connectivity index (χ1v) is 6.35. The Morgan fingerprint density at radius 3 is 2.26 bits per heavy atom. The van der Waals surface area contributed by atoms with Crippen LogP contribution >= 0.6 is 0 Å². The summed E-state index contributed by atoms with van der Waals surface area (Å²) in [5.41, 5.74) is 4.19. The van der Waals surface area contributed by atoms with Crippen LogP contribution in [0.4, 0.5) is 5.82 Å². The summed E-state index contributed by atoms with van der Waals surface area (Å²) < 4.78 is 5.20. The van der Waals surface area contributed by atoms with Gasteiger partial charge in [-0.2, -0.15) is 0 Å². The van der Waals surface area contributed by atoms with E-state index in [1.165, 1.54) is 0 Å². The standard InChI is InChI=1S/C14H20N4O/c1-8-9(2)15-12(5)16-14(8)18(6)7-13-10(3)17-19-11(13)4/h7H2,1-6H3. The fourth-order valence-corrected chi connectivity index (χ4v) is 2.16. The Morgan fingerprint density at radius 1 is 1.00 bits per heavy atom. The smallest absolute Gasteiger partial charge is 0.138 e. The largest absolute Gasteiger partial charge is 0.361 e. The molecule has 0 saturated heterocycles. The van der Waals surface area contributed by atoms with Gasteiger partial charge in [0, 0.05) is 30.4 Å². The molecule has 19 heavy (non-hydrogen) atoms. The second kappa shape index (κ2) is 4.99. The third-order valence-electron chi connectivity index (χ3n) is 3.41. The van der Waals surface area contributed by atoms with Gasteiger partial charge in [-0.05, 0) is 34.6 Å². The van der Waals surface area contributed by atoms with Crippen LogP contribution in [-0.4, -0.2) is 22.2 Å². The summed E-state index contributed by atoms with van der Waals surface area (Å²) in [6, 6.07) is 0. The molecule has 0 aliphatic carbocycles. The highest BCUT2D eigenvalue weighted by Gasteiger charge is 2.15. The van der Waals surface area contributed by atoms with Crippen molar-refractivity contribution >= 4 is 5.82 Å². The topological polar surface area (TPSA) is 55.1 Å². The minimum Gasteiger partial charge on any atom is -0.361 e. The minimum atomic E-state index is 0.734. The Hall–Kier alpha value is -1.91. The molecule has 2 rings (SSSR count). The zero-order valence-electron chi connectivity index (χ0n) is 12.4. The molecule has 0 radical (unpaired) electrons. The number of nitrogens with zero attached hydrogens (tertiary/aromatic N) is 4. The Bertz CT molecular complexity index is 584. The summed E-state index contributed by atoms with van der Waals surface area (Å²) in [7, 11) is 2.03. The molecule has 0 aromatic carbocycles. The molecule has 0 amide bonds. The molecular formula is C14H20N4O. The number of hydrogen-bond acceptors (Lipinski definition) is 5. The van der Waals surface area contributed by atoms with Gasteiger partial charge in [-0.1, -0.05) is 5.16 Å². The van der Waals surface area contributed by atoms with Crippen molar-refractivity contribution < 1.29 is 4.52 Å². The summed E-state index contributed by atoms with van der Waals surface area (Å²) in [5, 5.41) is 3.99. The van der Waals surface area contributed by atoms with Gasteiger partial charge in [-0.15, -0.1) is 0 Å². The first-order valence-electron chi connectivity index (χ1n) is 6.35. The Kier molecular flexibility index (Phi) is 3.55. The van der Waals surface area contributed by atoms with Crippen LogP contribution < -0.4 is 4.90 Å². The summed E-state index contributed by atoms with van der Waals surface area (Å²) in [6.07, 6.45) is 0. The number of anilines is 1. The molecule has 2 aromatic heterocycles. The minimum absolute atomic E-state index is 0.734. The molecule has 0 N–H and O–H groups in total. The molecule has 2 heterocycles. The van der Waals surface area contributed by atoms with Gasteiger partial charge in [-0.3, -0.25) is 0 Å². The number of rotatable bonds is 3. The van der Waals surface area contributed by atoms with E-state index < -0.39 is 0 Å². The molecule has 5 heteroatoms. The zero-order valence-corrected chi connectivity index (χ0v) is 12.4. The van der Waals surface area contributed by atoms with E-state index in [0.717, 1.165) is 46.5 Å². The van der Waals surface area contributed by atoms with Crippen molar-refractivity contribution in [2.75, 3.05) is 11.9 Å². The van der Waals surface area contributed by atoms with Gasteiger partial charge in [0.25, 0.3) is 0 Å². The Morgan fingerprint density at radius 2 is 1.68 bits per heavy atom. The fourth-order valence-electron chi connectivity index (χ4n) is 2.16. The van der Waals surface area contributed by atoms with Crippen LogP contribution in [0.2, 0.25) is 0 Å². The highest BCUT2D eigenvalue weighted by atomic mass is 16.5. The lowest BCUT2D eigenvalue weighted by atomic mass is 10.2. The van der Waals surface area contributed by atoms with Gasteiger partial charge in [0.2, 0.25) is 0 Å². The van der Waals surface area contributed by atoms with Crippen LogP contribution in [0.5, 0.6) is 0 Å². The number of aromatic nitrogens is 3. The summed E-state index contributed by atoms with van der Waals surface area (Å²) in [4.78, 5) is 11.0.